The number of hydrogen-bond donors (Lipinski definition) is 0. The second-order valence-corrected chi connectivity index (χ2v) is 4.99. The third-order valence-electron chi connectivity index (χ3n) is 1.88. The van der Waals surface area contributed by atoms with Crippen LogP contribution in [0.4, 0.5) is 8.78 Å². The van der Waals surface area contributed by atoms with Crippen LogP contribution in [0.1, 0.15) is 24.6 Å². The van der Waals surface area contributed by atoms with Gasteiger partial charge >= 0.3 is 5.97 Å². The highest BCUT2D eigenvalue weighted by Gasteiger charge is 2.17. The van der Waals surface area contributed by atoms with Crippen LogP contribution in [0, 0.1) is 3.57 Å². The first-order valence-electron chi connectivity index (χ1n) is 4.74. The number of halogens is 4. The molecule has 0 N–H and O–H groups in total. The molecule has 7 heteroatoms. The van der Waals surface area contributed by atoms with Crippen molar-refractivity contribution in [3.63, 3.8) is 0 Å². The molecule has 3 nitrogen and oxygen atoms in total. The van der Waals surface area contributed by atoms with Crippen LogP contribution in [-0.2, 0) is 16.0 Å². The Bertz CT molecular complexity index is 429. The van der Waals surface area contributed by atoms with Gasteiger partial charge in [-0.2, -0.15) is 0 Å². The van der Waals surface area contributed by atoms with Crippen LogP contribution in [0.2, 0.25) is 0 Å². The number of rotatable bonds is 4. The molecular weight excluding hydrogens is 411 g/mol. The van der Waals surface area contributed by atoms with Gasteiger partial charge in [-0.15, -0.1) is 0 Å². The summed E-state index contributed by atoms with van der Waals surface area (Å²) in [5.74, 6) is -0.422. The molecule has 0 aliphatic heterocycles. The maximum Gasteiger partial charge on any atom is 0.311 e. The van der Waals surface area contributed by atoms with Crippen molar-refractivity contribution in [3.8, 4) is 0 Å². The van der Waals surface area contributed by atoms with Crippen molar-refractivity contribution >= 4 is 44.5 Å². The Morgan fingerprint density at radius 1 is 1.65 bits per heavy atom. The minimum atomic E-state index is -2.60. The average molecular weight is 420 g/mol. The molecule has 0 bridgehead atoms. The summed E-state index contributed by atoms with van der Waals surface area (Å²) in [6, 6.07) is 1.32. The number of esters is 1. The van der Waals surface area contributed by atoms with Crippen molar-refractivity contribution in [3.05, 3.63) is 25.5 Å². The summed E-state index contributed by atoms with van der Waals surface area (Å²) in [6.07, 6.45) is -2.61. The van der Waals surface area contributed by atoms with Crippen LogP contribution in [-0.4, -0.2) is 17.6 Å². The van der Waals surface area contributed by atoms with E-state index in [1.54, 1.807) is 6.92 Å². The molecular formula is C10H9BrF2INO2. The maximum atomic E-state index is 12.6. The molecule has 0 spiro atoms. The van der Waals surface area contributed by atoms with E-state index in [0.29, 0.717) is 9.26 Å². The summed E-state index contributed by atoms with van der Waals surface area (Å²) >= 11 is 4.84. The second-order valence-electron chi connectivity index (χ2n) is 3.08. The molecule has 1 heterocycles. The Balaban J connectivity index is 2.95. The van der Waals surface area contributed by atoms with Gasteiger partial charge in [-0.3, -0.25) is 4.79 Å². The summed E-state index contributed by atoms with van der Waals surface area (Å²) in [5.41, 5.74) is 0.252. The van der Waals surface area contributed by atoms with Crippen LogP contribution < -0.4 is 0 Å². The minimum absolute atomic E-state index is 0.0196. The van der Waals surface area contributed by atoms with Crippen LogP contribution >= 0.6 is 38.5 Å². The van der Waals surface area contributed by atoms with Crippen molar-refractivity contribution in [2.45, 2.75) is 19.8 Å². The molecule has 0 amide bonds. The van der Waals surface area contributed by atoms with Crippen LogP contribution in [0.25, 0.3) is 0 Å². The molecule has 0 aromatic carbocycles. The zero-order valence-electron chi connectivity index (χ0n) is 8.84. The normalized spacial score (nSPS) is 10.7. The topological polar surface area (TPSA) is 39.2 Å². The Labute approximate surface area is 119 Å². The first-order valence-corrected chi connectivity index (χ1v) is 6.61. The van der Waals surface area contributed by atoms with Gasteiger partial charge in [0.15, 0.2) is 0 Å². The van der Waals surface area contributed by atoms with Crippen molar-refractivity contribution in [1.29, 1.82) is 0 Å². The lowest BCUT2D eigenvalue weighted by atomic mass is 10.2. The van der Waals surface area contributed by atoms with Crippen molar-refractivity contribution < 1.29 is 18.3 Å². The smallest absolute Gasteiger partial charge is 0.311 e. The van der Waals surface area contributed by atoms with E-state index in [1.807, 2.05) is 22.6 Å². The van der Waals surface area contributed by atoms with E-state index in [1.165, 1.54) is 6.07 Å². The predicted octanol–water partition coefficient (Wildman–Crippen LogP) is 3.49. The largest absolute Gasteiger partial charge is 0.466 e. The third kappa shape index (κ3) is 4.13. The van der Waals surface area contributed by atoms with Gasteiger partial charge in [0, 0.05) is 3.57 Å². The molecule has 0 aliphatic carbocycles. The fourth-order valence-corrected chi connectivity index (χ4v) is 2.29. The zero-order chi connectivity index (χ0) is 13.0. The van der Waals surface area contributed by atoms with E-state index in [-0.39, 0.29) is 23.2 Å². The van der Waals surface area contributed by atoms with Crippen molar-refractivity contribution in [2.75, 3.05) is 6.61 Å². The number of carbonyl (C=O) groups excluding carboxylic acids is 1. The maximum absolute atomic E-state index is 12.6. The summed E-state index contributed by atoms with van der Waals surface area (Å²) < 4.78 is 30.5. The summed E-state index contributed by atoms with van der Waals surface area (Å²) in [5, 5.41) is 0. The number of pyridine rings is 1. The predicted molar refractivity (Wildman–Crippen MR) is 69.9 cm³/mol. The molecule has 1 aromatic heterocycles. The molecule has 94 valence electrons. The van der Waals surface area contributed by atoms with Gasteiger partial charge in [-0.05, 0) is 51.5 Å². The molecule has 0 atom stereocenters. The zero-order valence-corrected chi connectivity index (χ0v) is 12.6. The van der Waals surface area contributed by atoms with Crippen molar-refractivity contribution in [1.82, 2.24) is 4.98 Å². The van der Waals surface area contributed by atoms with Gasteiger partial charge in [-0.1, -0.05) is 0 Å². The van der Waals surface area contributed by atoms with Gasteiger partial charge in [0.2, 0.25) is 0 Å². The molecule has 1 rings (SSSR count). The fourth-order valence-electron chi connectivity index (χ4n) is 1.14. The number of carbonyl (C=O) groups is 1. The summed E-state index contributed by atoms with van der Waals surface area (Å²) in [6.45, 7) is 1.98. The van der Waals surface area contributed by atoms with Crippen LogP contribution in [0.3, 0.4) is 0 Å². The molecule has 1 aromatic rings. The number of hydrogen-bond acceptors (Lipinski definition) is 3. The Morgan fingerprint density at radius 3 is 2.82 bits per heavy atom. The van der Waals surface area contributed by atoms with E-state index in [2.05, 4.69) is 20.9 Å². The third-order valence-corrected chi connectivity index (χ3v) is 3.45. The Kier molecular flexibility index (Phi) is 5.71. The number of aromatic nitrogens is 1. The molecule has 17 heavy (non-hydrogen) atoms. The number of alkyl halides is 2. The quantitative estimate of drug-likeness (QED) is 0.426. The molecule has 0 unspecified atom stereocenters. The lowest BCUT2D eigenvalue weighted by Gasteiger charge is -2.08. The van der Waals surface area contributed by atoms with Crippen LogP contribution in [0.5, 0.6) is 0 Å². The molecule has 0 fully saturated rings. The highest BCUT2D eigenvalue weighted by Crippen LogP contribution is 2.28. The second kappa shape index (κ2) is 6.58. The number of nitrogens with zero attached hydrogens (tertiary/aromatic N) is 1. The monoisotopic (exact) mass is 419 g/mol. The van der Waals surface area contributed by atoms with Gasteiger partial charge < -0.3 is 4.74 Å². The SMILES string of the molecule is CCOC(=O)Cc1nc(Br)c(C(F)F)cc1I. The van der Waals surface area contributed by atoms with E-state index >= 15 is 0 Å². The van der Waals surface area contributed by atoms with E-state index in [0.717, 1.165) is 0 Å². The van der Waals surface area contributed by atoms with E-state index in [9.17, 15) is 13.6 Å². The first-order chi connectivity index (χ1) is 7.95. The molecule has 0 aliphatic rings. The Hall–Kier alpha value is -0.310. The van der Waals surface area contributed by atoms with Gasteiger partial charge in [0.25, 0.3) is 6.43 Å². The average Bonchev–Trinajstić information content (AvgIpc) is 2.22. The van der Waals surface area contributed by atoms with Crippen LogP contribution in [0.15, 0.2) is 10.7 Å². The van der Waals surface area contributed by atoms with Gasteiger partial charge in [-0.25, -0.2) is 13.8 Å². The summed E-state index contributed by atoms with van der Waals surface area (Å²) in [7, 11) is 0. The van der Waals surface area contributed by atoms with Crippen molar-refractivity contribution in [2.24, 2.45) is 0 Å². The highest BCUT2D eigenvalue weighted by atomic mass is 127. The van der Waals surface area contributed by atoms with E-state index in [4.69, 9.17) is 4.74 Å². The number of ether oxygens (including phenoxy) is 1. The molecule has 0 saturated heterocycles. The fraction of sp³-hybridized carbons (Fsp3) is 0.400. The summed E-state index contributed by atoms with van der Waals surface area (Å²) in [4.78, 5) is 15.2. The highest BCUT2D eigenvalue weighted by molar-refractivity contribution is 14.1. The van der Waals surface area contributed by atoms with Gasteiger partial charge in [0.05, 0.1) is 24.3 Å². The lowest BCUT2D eigenvalue weighted by Crippen LogP contribution is -2.11. The standard InChI is InChI=1S/C10H9BrF2INO2/c1-2-17-8(16)4-7-6(14)3-5(10(12)13)9(11)15-7/h3,10H,2,4H2,1H3. The minimum Gasteiger partial charge on any atom is -0.466 e. The molecule has 0 saturated carbocycles. The first kappa shape index (κ1) is 14.7. The lowest BCUT2D eigenvalue weighted by molar-refractivity contribution is -0.142. The van der Waals surface area contributed by atoms with E-state index < -0.39 is 12.4 Å². The Morgan fingerprint density at radius 2 is 2.29 bits per heavy atom. The van der Waals surface area contributed by atoms with Gasteiger partial charge in [0.1, 0.15) is 4.60 Å². The molecule has 0 radical (unpaired) electrons.